The van der Waals surface area contributed by atoms with E-state index in [1.54, 1.807) is 0 Å². The number of nitrogens with zero attached hydrogens (tertiary/aromatic N) is 4. The van der Waals surface area contributed by atoms with E-state index in [2.05, 4.69) is 57.2 Å². The number of benzene rings is 2. The lowest BCUT2D eigenvalue weighted by atomic mass is 10.0. The van der Waals surface area contributed by atoms with Crippen LogP contribution in [0, 0.1) is 5.92 Å². The second-order valence-corrected chi connectivity index (χ2v) is 8.46. The number of fused-ring (bicyclic) bond motifs is 1. The summed E-state index contributed by atoms with van der Waals surface area (Å²) in [6, 6.07) is 16.9. The number of hydrogen-bond donors (Lipinski definition) is 1. The summed E-state index contributed by atoms with van der Waals surface area (Å²) in [4.78, 5) is 14.2. The summed E-state index contributed by atoms with van der Waals surface area (Å²) >= 11 is 0. The minimum Gasteiger partial charge on any atom is -0.392 e. The number of aliphatic hydroxyl groups is 1. The van der Waals surface area contributed by atoms with Crippen molar-refractivity contribution in [2.24, 2.45) is 5.92 Å². The van der Waals surface area contributed by atoms with Crippen LogP contribution in [-0.4, -0.2) is 58.8 Å². The van der Waals surface area contributed by atoms with Gasteiger partial charge in [-0.25, -0.2) is 9.97 Å². The highest BCUT2D eigenvalue weighted by Gasteiger charge is 2.28. The molecule has 3 aromatic rings. The maximum atomic E-state index is 9.92. The fraction of sp³-hybridized carbons (Fsp3) is 0.417. The third-order valence-electron chi connectivity index (χ3n) is 6.25. The van der Waals surface area contributed by atoms with Crippen LogP contribution in [0.3, 0.4) is 0 Å². The van der Waals surface area contributed by atoms with E-state index in [0.29, 0.717) is 5.92 Å². The second-order valence-electron chi connectivity index (χ2n) is 8.46. The molecule has 1 aromatic heterocycles. The van der Waals surface area contributed by atoms with Gasteiger partial charge in [-0.05, 0) is 54.6 Å². The molecule has 3 heterocycles. The highest BCUT2D eigenvalue weighted by atomic mass is 16.3. The lowest BCUT2D eigenvalue weighted by Crippen LogP contribution is -2.41. The highest BCUT2D eigenvalue weighted by Crippen LogP contribution is 2.27. The van der Waals surface area contributed by atoms with Crippen molar-refractivity contribution < 1.29 is 5.11 Å². The normalized spacial score (nSPS) is 23.0. The number of β-amino-alcohol motifs (C(OH)–C–C–N with tert-alkyl or cyclic N) is 1. The largest absolute Gasteiger partial charge is 0.392 e. The lowest BCUT2D eigenvalue weighted by molar-refractivity contribution is 0.0637. The van der Waals surface area contributed by atoms with Gasteiger partial charge >= 0.3 is 0 Å². The van der Waals surface area contributed by atoms with Crippen molar-refractivity contribution in [3.63, 3.8) is 0 Å². The van der Waals surface area contributed by atoms with Gasteiger partial charge in [0, 0.05) is 37.9 Å². The first-order valence-corrected chi connectivity index (χ1v) is 10.7. The van der Waals surface area contributed by atoms with E-state index < -0.39 is 0 Å². The average molecular weight is 389 g/mol. The first kappa shape index (κ1) is 18.5. The molecule has 150 valence electrons. The molecule has 0 saturated carbocycles. The Morgan fingerprint density at radius 2 is 1.86 bits per heavy atom. The topological polar surface area (TPSA) is 52.5 Å². The third kappa shape index (κ3) is 4.11. The van der Waals surface area contributed by atoms with Crippen LogP contribution in [0.2, 0.25) is 0 Å². The molecule has 2 fully saturated rings. The van der Waals surface area contributed by atoms with E-state index in [0.717, 1.165) is 69.2 Å². The molecule has 29 heavy (non-hydrogen) atoms. The van der Waals surface area contributed by atoms with Crippen LogP contribution in [0.15, 0.2) is 54.7 Å². The molecule has 5 nitrogen and oxygen atoms in total. The fourth-order valence-corrected chi connectivity index (χ4v) is 4.74. The Kier molecular flexibility index (Phi) is 5.17. The summed E-state index contributed by atoms with van der Waals surface area (Å²) in [6.45, 7) is 5.00. The Morgan fingerprint density at radius 1 is 0.966 bits per heavy atom. The minimum absolute atomic E-state index is 0.150. The molecule has 1 N–H and O–H groups in total. The Hall–Kier alpha value is -2.50. The fourth-order valence-electron chi connectivity index (χ4n) is 4.74. The average Bonchev–Trinajstić information content (AvgIpc) is 3.22. The summed E-state index contributed by atoms with van der Waals surface area (Å²) in [5, 5.41) is 12.4. The third-order valence-corrected chi connectivity index (χ3v) is 6.25. The van der Waals surface area contributed by atoms with Gasteiger partial charge in [0.25, 0.3) is 0 Å². The minimum atomic E-state index is -0.150. The van der Waals surface area contributed by atoms with Crippen LogP contribution in [0.25, 0.3) is 22.0 Å². The Balaban J connectivity index is 1.29. The van der Waals surface area contributed by atoms with Gasteiger partial charge in [0.1, 0.15) is 0 Å². The maximum absolute atomic E-state index is 9.92. The number of piperidine rings is 1. The molecular formula is C24H28N4O. The van der Waals surface area contributed by atoms with Gasteiger partial charge in [-0.1, -0.05) is 36.4 Å². The van der Waals surface area contributed by atoms with E-state index >= 15 is 0 Å². The Labute approximate surface area is 172 Å². The van der Waals surface area contributed by atoms with Crippen LogP contribution in [0.4, 0.5) is 5.95 Å². The summed E-state index contributed by atoms with van der Waals surface area (Å²) < 4.78 is 0. The monoisotopic (exact) mass is 388 g/mol. The van der Waals surface area contributed by atoms with Gasteiger partial charge in [0.2, 0.25) is 5.95 Å². The lowest BCUT2D eigenvalue weighted by Gasteiger charge is -2.31. The standard InChI is InChI=1S/C24H28N4O/c29-22-6-3-12-27(17-22)15-18-10-13-28(16-18)24-25-11-9-23(26-24)21-8-7-19-4-1-2-5-20(19)14-21/h1-2,4-5,7-9,11,14,18,22,29H,3,6,10,12-13,15-17H2/t18?,22-/m0/s1. The molecule has 0 bridgehead atoms. The molecule has 2 saturated heterocycles. The number of aliphatic hydroxyl groups excluding tert-OH is 1. The van der Waals surface area contributed by atoms with E-state index in [-0.39, 0.29) is 6.10 Å². The molecule has 0 amide bonds. The zero-order chi connectivity index (χ0) is 19.6. The molecule has 5 rings (SSSR count). The summed E-state index contributed by atoms with van der Waals surface area (Å²) in [6.07, 6.45) is 4.94. The van der Waals surface area contributed by atoms with Gasteiger partial charge in [-0.15, -0.1) is 0 Å². The molecule has 1 unspecified atom stereocenters. The first-order valence-electron chi connectivity index (χ1n) is 10.7. The van der Waals surface area contributed by atoms with Crippen molar-refractivity contribution in [3.05, 3.63) is 54.7 Å². The molecule has 2 atom stereocenters. The summed E-state index contributed by atoms with van der Waals surface area (Å²) in [5.41, 5.74) is 2.11. The molecule has 2 aliphatic heterocycles. The molecule has 2 aliphatic rings. The van der Waals surface area contributed by atoms with Gasteiger partial charge in [0.05, 0.1) is 11.8 Å². The molecular weight excluding hydrogens is 360 g/mol. The first-order chi connectivity index (χ1) is 14.2. The van der Waals surface area contributed by atoms with Gasteiger partial charge in [0.15, 0.2) is 0 Å². The van der Waals surface area contributed by atoms with Crippen molar-refractivity contribution in [2.75, 3.05) is 37.6 Å². The Bertz CT molecular complexity index is 991. The van der Waals surface area contributed by atoms with Crippen LogP contribution in [0.5, 0.6) is 0 Å². The molecule has 0 aliphatic carbocycles. The molecule has 0 spiro atoms. The summed E-state index contributed by atoms with van der Waals surface area (Å²) in [7, 11) is 0. The second kappa shape index (κ2) is 8.09. The van der Waals surface area contributed by atoms with Crippen LogP contribution in [-0.2, 0) is 0 Å². The number of anilines is 1. The van der Waals surface area contributed by atoms with Crippen LogP contribution in [0.1, 0.15) is 19.3 Å². The van der Waals surface area contributed by atoms with Crippen molar-refractivity contribution in [2.45, 2.75) is 25.4 Å². The Morgan fingerprint density at radius 3 is 2.76 bits per heavy atom. The smallest absolute Gasteiger partial charge is 0.225 e. The van der Waals surface area contributed by atoms with E-state index in [1.165, 1.54) is 10.8 Å². The zero-order valence-electron chi connectivity index (χ0n) is 16.7. The van der Waals surface area contributed by atoms with Gasteiger partial charge < -0.3 is 14.9 Å². The van der Waals surface area contributed by atoms with E-state index in [9.17, 15) is 5.11 Å². The molecule has 0 radical (unpaired) electrons. The molecule has 2 aromatic carbocycles. The highest BCUT2D eigenvalue weighted by molar-refractivity contribution is 5.86. The summed E-state index contributed by atoms with van der Waals surface area (Å²) in [5.74, 6) is 1.45. The molecule has 5 heteroatoms. The van der Waals surface area contributed by atoms with Gasteiger partial charge in [-0.3, -0.25) is 0 Å². The van der Waals surface area contributed by atoms with E-state index in [1.807, 2.05) is 12.3 Å². The van der Waals surface area contributed by atoms with Crippen molar-refractivity contribution >= 4 is 16.7 Å². The maximum Gasteiger partial charge on any atom is 0.225 e. The van der Waals surface area contributed by atoms with Crippen molar-refractivity contribution in [1.82, 2.24) is 14.9 Å². The predicted octanol–water partition coefficient (Wildman–Crippen LogP) is 3.58. The van der Waals surface area contributed by atoms with E-state index in [4.69, 9.17) is 4.98 Å². The number of likely N-dealkylation sites (tertiary alicyclic amines) is 1. The van der Waals surface area contributed by atoms with Gasteiger partial charge in [-0.2, -0.15) is 0 Å². The van der Waals surface area contributed by atoms with Crippen LogP contribution >= 0.6 is 0 Å². The quantitative estimate of drug-likeness (QED) is 0.740. The van der Waals surface area contributed by atoms with Crippen molar-refractivity contribution in [1.29, 1.82) is 0 Å². The number of rotatable bonds is 4. The predicted molar refractivity (Wildman–Crippen MR) is 117 cm³/mol. The van der Waals surface area contributed by atoms with Crippen molar-refractivity contribution in [3.8, 4) is 11.3 Å². The SMILES string of the molecule is O[C@H]1CCCN(CC2CCN(c3nccc(-c4ccc5ccccc5c4)n3)C2)C1. The van der Waals surface area contributed by atoms with Crippen LogP contribution < -0.4 is 4.90 Å². The number of hydrogen-bond acceptors (Lipinski definition) is 5. The number of aromatic nitrogens is 2. The zero-order valence-corrected chi connectivity index (χ0v) is 16.7.